The Morgan fingerprint density at radius 3 is 3.00 bits per heavy atom. The fraction of sp³-hybridized carbons (Fsp3) is 0.438. The van der Waals surface area contributed by atoms with Gasteiger partial charge in [0.05, 0.1) is 0 Å². The van der Waals surface area contributed by atoms with Gasteiger partial charge in [0.2, 0.25) is 0 Å². The summed E-state index contributed by atoms with van der Waals surface area (Å²) in [5, 5.41) is 2.16. The van der Waals surface area contributed by atoms with Gasteiger partial charge in [0.1, 0.15) is 18.3 Å². The number of hydrogen-bond acceptors (Lipinski definition) is 2. The van der Waals surface area contributed by atoms with Crippen LogP contribution in [-0.2, 0) is 6.42 Å². The Labute approximate surface area is 132 Å². The van der Waals surface area contributed by atoms with Crippen molar-refractivity contribution in [2.24, 2.45) is 0 Å². The van der Waals surface area contributed by atoms with Gasteiger partial charge >= 0.3 is 6.09 Å². The van der Waals surface area contributed by atoms with E-state index in [9.17, 15) is 4.79 Å². The second-order valence-electron chi connectivity index (χ2n) is 5.00. The first-order valence-corrected chi connectivity index (χ1v) is 6.98. The first kappa shape index (κ1) is 17.4. The van der Waals surface area contributed by atoms with Crippen LogP contribution in [0.2, 0.25) is 0 Å². The van der Waals surface area contributed by atoms with E-state index in [4.69, 9.17) is 11.2 Å². The van der Waals surface area contributed by atoms with Gasteiger partial charge < -0.3 is 27.4 Å². The lowest BCUT2D eigenvalue weighted by Crippen LogP contribution is -3.00. The molecule has 1 aromatic carbocycles. The molecule has 0 bridgehead atoms. The number of nitrogens with zero attached hydrogens (tertiary/aromatic N) is 1. The highest BCUT2D eigenvalue weighted by Gasteiger charge is 2.28. The first-order valence-electron chi connectivity index (χ1n) is 6.98. The second kappa shape index (κ2) is 7.92. The number of halogens is 1. The summed E-state index contributed by atoms with van der Waals surface area (Å²) in [4.78, 5) is 13.4. The summed E-state index contributed by atoms with van der Waals surface area (Å²) in [7, 11) is 1.73. The third-order valence-corrected chi connectivity index (χ3v) is 3.78. The van der Waals surface area contributed by atoms with Crippen LogP contribution >= 0.6 is 0 Å². The molecule has 4 nitrogen and oxygen atoms in total. The molecule has 1 unspecified atom stereocenters. The number of carbonyl (C=O) groups is 1. The summed E-state index contributed by atoms with van der Waals surface area (Å²) in [6.07, 6.45) is 6.97. The van der Waals surface area contributed by atoms with Gasteiger partial charge in [-0.2, -0.15) is 0 Å². The zero-order valence-corrected chi connectivity index (χ0v) is 13.2. The van der Waals surface area contributed by atoms with Crippen LogP contribution in [0, 0.1) is 12.3 Å². The van der Waals surface area contributed by atoms with Crippen molar-refractivity contribution in [1.82, 2.24) is 4.90 Å². The van der Waals surface area contributed by atoms with E-state index in [1.807, 2.05) is 19.1 Å². The fourth-order valence-corrected chi connectivity index (χ4v) is 2.50. The molecule has 1 aromatic rings. The fourth-order valence-electron chi connectivity index (χ4n) is 2.50. The van der Waals surface area contributed by atoms with Crippen molar-refractivity contribution >= 4 is 6.09 Å². The maximum absolute atomic E-state index is 11.9. The third-order valence-electron chi connectivity index (χ3n) is 3.78. The lowest BCUT2D eigenvalue weighted by molar-refractivity contribution is -0.685. The molecule has 0 fully saturated rings. The summed E-state index contributed by atoms with van der Waals surface area (Å²) >= 11 is 0. The third kappa shape index (κ3) is 3.90. The number of nitrogens with two attached hydrogens (primary N) is 1. The molecule has 5 heteroatoms. The van der Waals surface area contributed by atoms with E-state index in [-0.39, 0.29) is 18.5 Å². The molecule has 2 N–H and O–H groups in total. The van der Waals surface area contributed by atoms with Gasteiger partial charge in [-0.05, 0) is 25.3 Å². The molecule has 0 aliphatic heterocycles. The molecule has 1 atom stereocenters. The van der Waals surface area contributed by atoms with Crippen LogP contribution in [0.4, 0.5) is 4.79 Å². The average molecular weight is 309 g/mol. The van der Waals surface area contributed by atoms with Gasteiger partial charge in [0.25, 0.3) is 0 Å². The number of amides is 1. The van der Waals surface area contributed by atoms with Gasteiger partial charge in [-0.1, -0.05) is 12.1 Å². The number of quaternary nitrogens is 1. The zero-order valence-electron chi connectivity index (χ0n) is 12.4. The predicted molar refractivity (Wildman–Crippen MR) is 77.5 cm³/mol. The van der Waals surface area contributed by atoms with E-state index in [1.165, 1.54) is 5.56 Å². The van der Waals surface area contributed by atoms with Gasteiger partial charge in [-0.3, -0.25) is 0 Å². The number of terminal acetylenes is 1. The Morgan fingerprint density at radius 2 is 2.33 bits per heavy atom. The number of carbonyl (C=O) groups excluding carboxylic acids is 1. The minimum Gasteiger partial charge on any atom is -1.00 e. The molecular formula is C16H21ClN2O2. The SMILES string of the molecule is C#CC[NH2+]C1CCc2c(OC(=O)N(C)CC)cccc21.[Cl-]. The Balaban J connectivity index is 0.00000220. The monoisotopic (exact) mass is 308 g/mol. The Bertz CT molecular complexity index is 540. The molecule has 1 amide bonds. The van der Waals surface area contributed by atoms with Crippen LogP contribution in [0.25, 0.3) is 0 Å². The largest absolute Gasteiger partial charge is 1.00 e. The van der Waals surface area contributed by atoms with Gasteiger partial charge in [-0.25, -0.2) is 4.79 Å². The summed E-state index contributed by atoms with van der Waals surface area (Å²) in [5.74, 6) is 3.33. The van der Waals surface area contributed by atoms with Crippen molar-refractivity contribution < 1.29 is 27.3 Å². The molecule has 114 valence electrons. The maximum Gasteiger partial charge on any atom is 0.414 e. The summed E-state index contributed by atoms with van der Waals surface area (Å²) in [5.41, 5.74) is 2.38. The minimum absolute atomic E-state index is 0. The van der Waals surface area contributed by atoms with Crippen molar-refractivity contribution in [1.29, 1.82) is 0 Å². The highest BCUT2D eigenvalue weighted by atomic mass is 35.5. The van der Waals surface area contributed by atoms with Crippen molar-refractivity contribution in [2.45, 2.75) is 25.8 Å². The minimum atomic E-state index is -0.308. The molecule has 0 aromatic heterocycles. The number of benzene rings is 1. The lowest BCUT2D eigenvalue weighted by atomic mass is 10.1. The standard InChI is InChI=1S/C16H20N2O2.ClH/c1-4-11-17-14-10-9-13-12(14)7-6-8-15(13)20-16(19)18(3)5-2;/h1,6-8,14,17H,5,9-11H2,2-3H3;1H. The first-order chi connectivity index (χ1) is 9.67. The highest BCUT2D eigenvalue weighted by Crippen LogP contribution is 2.35. The van der Waals surface area contributed by atoms with Crippen molar-refractivity contribution in [3.63, 3.8) is 0 Å². The smallest absolute Gasteiger partial charge is 0.414 e. The second-order valence-corrected chi connectivity index (χ2v) is 5.00. The van der Waals surface area contributed by atoms with Crippen molar-refractivity contribution in [3.05, 3.63) is 29.3 Å². The molecule has 1 aliphatic rings. The van der Waals surface area contributed by atoms with Crippen LogP contribution in [0.15, 0.2) is 18.2 Å². The van der Waals surface area contributed by atoms with Gasteiger partial charge in [0, 0.05) is 31.1 Å². The van der Waals surface area contributed by atoms with Crippen molar-refractivity contribution in [3.8, 4) is 18.1 Å². The summed E-state index contributed by atoms with van der Waals surface area (Å²) < 4.78 is 5.50. The Hall–Kier alpha value is -1.70. The number of ether oxygens (including phenoxy) is 1. The average Bonchev–Trinajstić information content (AvgIpc) is 2.88. The molecule has 21 heavy (non-hydrogen) atoms. The highest BCUT2D eigenvalue weighted by molar-refractivity contribution is 5.71. The lowest BCUT2D eigenvalue weighted by Gasteiger charge is -2.16. The molecule has 2 rings (SSSR count). The molecule has 0 saturated carbocycles. The summed E-state index contributed by atoms with van der Waals surface area (Å²) in [6.45, 7) is 3.22. The number of fused-ring (bicyclic) bond motifs is 1. The van der Waals surface area contributed by atoms with Gasteiger partial charge in [0.15, 0.2) is 0 Å². The van der Waals surface area contributed by atoms with E-state index in [1.54, 1.807) is 11.9 Å². The van der Waals surface area contributed by atoms with E-state index < -0.39 is 0 Å². The number of rotatable bonds is 4. The molecule has 0 heterocycles. The maximum atomic E-state index is 11.9. The number of hydrogen-bond donors (Lipinski definition) is 1. The molecule has 0 radical (unpaired) electrons. The van der Waals surface area contributed by atoms with Crippen molar-refractivity contribution in [2.75, 3.05) is 20.1 Å². The van der Waals surface area contributed by atoms with Crippen LogP contribution < -0.4 is 22.5 Å². The van der Waals surface area contributed by atoms with E-state index in [2.05, 4.69) is 17.3 Å². The van der Waals surface area contributed by atoms with Crippen LogP contribution in [0.5, 0.6) is 5.75 Å². The Morgan fingerprint density at radius 1 is 1.57 bits per heavy atom. The van der Waals surface area contributed by atoms with E-state index in [0.717, 1.165) is 18.4 Å². The normalized spacial score (nSPS) is 15.6. The van der Waals surface area contributed by atoms with E-state index >= 15 is 0 Å². The molecule has 0 saturated heterocycles. The molecular weight excluding hydrogens is 288 g/mol. The topological polar surface area (TPSA) is 46.1 Å². The van der Waals surface area contributed by atoms with E-state index in [0.29, 0.717) is 24.9 Å². The molecule has 0 spiro atoms. The van der Waals surface area contributed by atoms with Gasteiger partial charge in [-0.15, -0.1) is 6.42 Å². The molecule has 1 aliphatic carbocycles. The van der Waals surface area contributed by atoms with Crippen LogP contribution in [0.1, 0.15) is 30.5 Å². The summed E-state index contributed by atoms with van der Waals surface area (Å²) in [6, 6.07) is 6.28. The zero-order chi connectivity index (χ0) is 14.5. The Kier molecular flexibility index (Phi) is 6.54. The van der Waals surface area contributed by atoms with Crippen LogP contribution in [-0.4, -0.2) is 31.1 Å². The van der Waals surface area contributed by atoms with Crippen LogP contribution in [0.3, 0.4) is 0 Å². The predicted octanol–water partition coefficient (Wildman–Crippen LogP) is -1.67. The quantitative estimate of drug-likeness (QED) is 0.676.